The second-order valence-electron chi connectivity index (χ2n) is 7.46. The fourth-order valence-corrected chi connectivity index (χ4v) is 5.25. The molecule has 34 heavy (non-hydrogen) atoms. The zero-order chi connectivity index (χ0) is 24.4. The van der Waals surface area contributed by atoms with Crippen molar-refractivity contribution in [2.45, 2.75) is 19.9 Å². The van der Waals surface area contributed by atoms with Gasteiger partial charge in [-0.05, 0) is 72.3 Å². The van der Waals surface area contributed by atoms with Crippen LogP contribution in [0.2, 0.25) is 0 Å². The number of nitrogens with zero attached hydrogens (tertiary/aromatic N) is 2. The number of hydrogen-bond donors (Lipinski definition) is 0. The Balaban J connectivity index is 1.99. The van der Waals surface area contributed by atoms with Crippen LogP contribution in [0.4, 0.5) is 0 Å². The van der Waals surface area contributed by atoms with Gasteiger partial charge in [-0.15, -0.1) is 0 Å². The normalized spacial score (nSPS) is 15.6. The first-order valence-corrected chi connectivity index (χ1v) is 12.4. The smallest absolute Gasteiger partial charge is 0.338 e. The third-order valence-corrected chi connectivity index (χ3v) is 7.12. The number of esters is 1. The molecule has 0 saturated carbocycles. The van der Waals surface area contributed by atoms with Gasteiger partial charge >= 0.3 is 5.97 Å². The molecule has 0 aliphatic carbocycles. The third kappa shape index (κ3) is 4.54. The Morgan fingerprint density at radius 2 is 1.91 bits per heavy atom. The number of thiazole rings is 1. The second kappa shape index (κ2) is 10.1. The number of rotatable bonds is 6. The Labute approximate surface area is 214 Å². The number of benzene rings is 2. The average Bonchev–Trinajstić information content (AvgIpc) is 3.13. The predicted molar refractivity (Wildman–Crippen MR) is 139 cm³/mol. The molecule has 0 bridgehead atoms. The molecular formula is C25H23IN2O5S. The molecule has 0 amide bonds. The molecule has 0 fully saturated rings. The summed E-state index contributed by atoms with van der Waals surface area (Å²) in [6.45, 7) is 3.71. The van der Waals surface area contributed by atoms with Gasteiger partial charge in [0.1, 0.15) is 17.5 Å². The number of carbonyl (C=O) groups is 1. The summed E-state index contributed by atoms with van der Waals surface area (Å²) >= 11 is 3.53. The van der Waals surface area contributed by atoms with Crippen LogP contribution in [0.3, 0.4) is 0 Å². The van der Waals surface area contributed by atoms with Gasteiger partial charge in [0.2, 0.25) is 0 Å². The number of aromatic nitrogens is 1. The van der Waals surface area contributed by atoms with Gasteiger partial charge in [-0.25, -0.2) is 9.79 Å². The van der Waals surface area contributed by atoms with E-state index in [0.717, 1.165) is 9.13 Å². The number of allylic oxidation sites excluding steroid dienone is 1. The molecule has 176 valence electrons. The van der Waals surface area contributed by atoms with E-state index in [4.69, 9.17) is 14.2 Å². The molecule has 4 rings (SSSR count). The highest BCUT2D eigenvalue weighted by Gasteiger charge is 2.35. The van der Waals surface area contributed by atoms with Crippen LogP contribution in [0.25, 0.3) is 6.08 Å². The molecule has 0 spiro atoms. The van der Waals surface area contributed by atoms with Gasteiger partial charge < -0.3 is 14.2 Å². The average molecular weight is 590 g/mol. The number of halogens is 1. The molecular weight excluding hydrogens is 567 g/mol. The van der Waals surface area contributed by atoms with Gasteiger partial charge in [0.25, 0.3) is 5.56 Å². The summed E-state index contributed by atoms with van der Waals surface area (Å²) in [7, 11) is 3.11. The van der Waals surface area contributed by atoms with Crippen LogP contribution in [0, 0.1) is 3.57 Å². The fraction of sp³-hybridized carbons (Fsp3) is 0.240. The third-order valence-electron chi connectivity index (χ3n) is 5.42. The van der Waals surface area contributed by atoms with Crippen molar-refractivity contribution in [3.05, 3.63) is 88.1 Å². The highest BCUT2D eigenvalue weighted by atomic mass is 127. The summed E-state index contributed by atoms with van der Waals surface area (Å²) in [6.07, 6.45) is 1.84. The summed E-state index contributed by atoms with van der Waals surface area (Å²) < 4.78 is 19.5. The zero-order valence-corrected chi connectivity index (χ0v) is 22.1. The van der Waals surface area contributed by atoms with Gasteiger partial charge in [0.05, 0.1) is 36.6 Å². The molecule has 1 aliphatic heterocycles. The molecule has 0 radical (unpaired) electrons. The Kier molecular flexibility index (Phi) is 7.22. The molecule has 1 atom stereocenters. The SMILES string of the molecule is CCOC(=O)C1=C(C)N=c2s/c(=C\c3ccc(I)cc3)c(=O)n2C1c1ccc(OC)cc1OC. The van der Waals surface area contributed by atoms with E-state index in [-0.39, 0.29) is 12.2 Å². The van der Waals surface area contributed by atoms with Gasteiger partial charge in [-0.1, -0.05) is 23.5 Å². The van der Waals surface area contributed by atoms with E-state index in [1.807, 2.05) is 30.3 Å². The molecule has 7 nitrogen and oxygen atoms in total. The lowest BCUT2D eigenvalue weighted by molar-refractivity contribution is -0.139. The highest BCUT2D eigenvalue weighted by Crippen LogP contribution is 2.37. The highest BCUT2D eigenvalue weighted by molar-refractivity contribution is 14.1. The molecule has 3 aromatic rings. The lowest BCUT2D eigenvalue weighted by atomic mass is 9.95. The van der Waals surface area contributed by atoms with Gasteiger partial charge in [0.15, 0.2) is 4.80 Å². The lowest BCUT2D eigenvalue weighted by Crippen LogP contribution is -2.40. The van der Waals surface area contributed by atoms with E-state index in [2.05, 4.69) is 27.6 Å². The number of ether oxygens (including phenoxy) is 3. The van der Waals surface area contributed by atoms with Crippen molar-refractivity contribution in [2.24, 2.45) is 4.99 Å². The first-order chi connectivity index (χ1) is 16.4. The van der Waals surface area contributed by atoms with Crippen molar-refractivity contribution in [3.8, 4) is 11.5 Å². The van der Waals surface area contributed by atoms with Crippen LogP contribution in [-0.2, 0) is 9.53 Å². The first kappa shape index (κ1) is 24.2. The van der Waals surface area contributed by atoms with Crippen LogP contribution >= 0.6 is 33.9 Å². The summed E-state index contributed by atoms with van der Waals surface area (Å²) in [5, 5.41) is 0. The Bertz CT molecular complexity index is 1450. The van der Waals surface area contributed by atoms with E-state index < -0.39 is 12.0 Å². The van der Waals surface area contributed by atoms with Crippen molar-refractivity contribution in [1.82, 2.24) is 4.57 Å². The minimum absolute atomic E-state index is 0.208. The van der Waals surface area contributed by atoms with E-state index in [9.17, 15) is 9.59 Å². The standard InChI is InChI=1S/C25H23IN2O5S/c1-5-33-24(30)21-14(2)27-25-28(22(21)18-11-10-17(31-3)13-19(18)32-4)23(29)20(34-25)12-15-6-8-16(26)9-7-15/h6-13,22H,5H2,1-4H3/b20-12-. The molecule has 1 aromatic heterocycles. The summed E-state index contributed by atoms with van der Waals surface area (Å²) in [5.74, 6) is 0.580. The van der Waals surface area contributed by atoms with Crippen LogP contribution in [0.1, 0.15) is 31.0 Å². The molecule has 9 heteroatoms. The van der Waals surface area contributed by atoms with Gasteiger partial charge in [-0.3, -0.25) is 9.36 Å². The summed E-state index contributed by atoms with van der Waals surface area (Å²) in [4.78, 5) is 31.8. The molecule has 0 saturated heterocycles. The van der Waals surface area contributed by atoms with E-state index in [1.54, 1.807) is 50.8 Å². The lowest BCUT2D eigenvalue weighted by Gasteiger charge is -2.26. The largest absolute Gasteiger partial charge is 0.497 e. The number of fused-ring (bicyclic) bond motifs is 1. The van der Waals surface area contributed by atoms with Crippen LogP contribution < -0.4 is 24.4 Å². The summed E-state index contributed by atoms with van der Waals surface area (Å²) in [6, 6.07) is 12.4. The topological polar surface area (TPSA) is 79.1 Å². The van der Waals surface area contributed by atoms with Crippen molar-refractivity contribution >= 4 is 46.0 Å². The maximum atomic E-state index is 13.7. The quantitative estimate of drug-likeness (QED) is 0.325. The second-order valence-corrected chi connectivity index (χ2v) is 9.72. The van der Waals surface area contributed by atoms with Crippen LogP contribution in [-0.4, -0.2) is 31.4 Å². The van der Waals surface area contributed by atoms with Crippen LogP contribution in [0.15, 0.2) is 63.5 Å². The Morgan fingerprint density at radius 1 is 1.18 bits per heavy atom. The predicted octanol–water partition coefficient (Wildman–Crippen LogP) is 3.42. The Morgan fingerprint density at radius 3 is 2.56 bits per heavy atom. The minimum Gasteiger partial charge on any atom is -0.497 e. The van der Waals surface area contributed by atoms with Gasteiger partial charge in [-0.2, -0.15) is 0 Å². The van der Waals surface area contributed by atoms with Gasteiger partial charge in [0, 0.05) is 15.2 Å². The van der Waals surface area contributed by atoms with E-state index in [1.165, 1.54) is 11.3 Å². The van der Waals surface area contributed by atoms with Crippen molar-refractivity contribution in [3.63, 3.8) is 0 Å². The van der Waals surface area contributed by atoms with E-state index >= 15 is 0 Å². The number of methoxy groups -OCH3 is 2. The first-order valence-electron chi connectivity index (χ1n) is 10.5. The number of carbonyl (C=O) groups excluding carboxylic acids is 1. The molecule has 1 unspecified atom stereocenters. The van der Waals surface area contributed by atoms with Crippen LogP contribution in [0.5, 0.6) is 11.5 Å². The van der Waals surface area contributed by atoms with Crippen molar-refractivity contribution < 1.29 is 19.0 Å². The molecule has 0 N–H and O–H groups in total. The Hall–Kier alpha value is -2.92. The molecule has 2 heterocycles. The monoisotopic (exact) mass is 590 g/mol. The molecule has 2 aromatic carbocycles. The maximum Gasteiger partial charge on any atom is 0.338 e. The maximum absolute atomic E-state index is 13.7. The van der Waals surface area contributed by atoms with E-state index in [0.29, 0.717) is 37.7 Å². The number of hydrogen-bond acceptors (Lipinski definition) is 7. The fourth-order valence-electron chi connectivity index (χ4n) is 3.84. The van der Waals surface area contributed by atoms with Crippen molar-refractivity contribution in [2.75, 3.05) is 20.8 Å². The summed E-state index contributed by atoms with van der Waals surface area (Å²) in [5.41, 5.74) is 2.12. The van der Waals surface area contributed by atoms with Crippen molar-refractivity contribution in [1.29, 1.82) is 0 Å². The molecule has 1 aliphatic rings. The zero-order valence-electron chi connectivity index (χ0n) is 19.1. The minimum atomic E-state index is -0.755.